The summed E-state index contributed by atoms with van der Waals surface area (Å²) >= 11 is 0. The zero-order valence-electron chi connectivity index (χ0n) is 7.73. The van der Waals surface area contributed by atoms with E-state index in [1.54, 1.807) is 10.7 Å². The number of hydrogen-bond acceptors (Lipinski definition) is 3. The Morgan fingerprint density at radius 1 is 1.46 bits per heavy atom. The number of fused-ring (bicyclic) bond motifs is 1. The fourth-order valence-corrected chi connectivity index (χ4v) is 1.22. The number of aromatic nitrogens is 3. The molecule has 4 nitrogen and oxygen atoms in total. The first-order chi connectivity index (χ1) is 6.18. The standard InChI is InChI=1S/C9H12N4/c1-6(2)8-3-4-13-9(12-8)7(10)5-11-13/h3-6H,10H2,1-2H3. The van der Waals surface area contributed by atoms with E-state index in [2.05, 4.69) is 23.9 Å². The zero-order chi connectivity index (χ0) is 9.42. The van der Waals surface area contributed by atoms with Crippen molar-refractivity contribution in [1.82, 2.24) is 14.6 Å². The van der Waals surface area contributed by atoms with Crippen LogP contribution in [0.1, 0.15) is 25.5 Å². The van der Waals surface area contributed by atoms with Gasteiger partial charge in [-0.2, -0.15) is 5.10 Å². The average Bonchev–Trinajstić information content (AvgIpc) is 2.47. The SMILES string of the molecule is CC(C)c1ccn2ncc(N)c2n1. The summed E-state index contributed by atoms with van der Waals surface area (Å²) in [5, 5.41) is 4.05. The van der Waals surface area contributed by atoms with Crippen molar-refractivity contribution in [2.45, 2.75) is 19.8 Å². The minimum absolute atomic E-state index is 0.416. The van der Waals surface area contributed by atoms with Gasteiger partial charge in [-0.3, -0.25) is 0 Å². The minimum Gasteiger partial charge on any atom is -0.394 e. The lowest BCUT2D eigenvalue weighted by molar-refractivity contribution is 0.808. The maximum atomic E-state index is 5.70. The second kappa shape index (κ2) is 2.73. The fourth-order valence-electron chi connectivity index (χ4n) is 1.22. The number of nitrogens with two attached hydrogens (primary N) is 1. The monoisotopic (exact) mass is 176 g/mol. The predicted molar refractivity (Wildman–Crippen MR) is 51.5 cm³/mol. The molecule has 0 amide bonds. The lowest BCUT2D eigenvalue weighted by atomic mass is 10.1. The normalized spacial score (nSPS) is 11.3. The van der Waals surface area contributed by atoms with Gasteiger partial charge >= 0.3 is 0 Å². The molecule has 0 radical (unpaired) electrons. The van der Waals surface area contributed by atoms with Gasteiger partial charge in [0, 0.05) is 11.9 Å². The maximum absolute atomic E-state index is 5.70. The van der Waals surface area contributed by atoms with E-state index < -0.39 is 0 Å². The molecule has 0 atom stereocenters. The molecule has 4 heteroatoms. The second-order valence-electron chi connectivity index (χ2n) is 3.38. The molecular formula is C9H12N4. The van der Waals surface area contributed by atoms with E-state index in [4.69, 9.17) is 5.73 Å². The van der Waals surface area contributed by atoms with E-state index >= 15 is 0 Å². The molecule has 0 aliphatic carbocycles. The summed E-state index contributed by atoms with van der Waals surface area (Å²) in [4.78, 5) is 4.41. The highest BCUT2D eigenvalue weighted by atomic mass is 15.2. The van der Waals surface area contributed by atoms with Crippen LogP contribution in [0.15, 0.2) is 18.5 Å². The summed E-state index contributed by atoms with van der Waals surface area (Å²) in [6.45, 7) is 4.21. The highest BCUT2D eigenvalue weighted by molar-refractivity contribution is 5.63. The van der Waals surface area contributed by atoms with Crippen LogP contribution in [0.2, 0.25) is 0 Å². The fraction of sp³-hybridized carbons (Fsp3) is 0.333. The van der Waals surface area contributed by atoms with E-state index in [-0.39, 0.29) is 0 Å². The molecule has 0 fully saturated rings. The summed E-state index contributed by atoms with van der Waals surface area (Å²) < 4.78 is 1.68. The number of anilines is 1. The van der Waals surface area contributed by atoms with E-state index in [1.165, 1.54) is 0 Å². The first kappa shape index (κ1) is 8.04. The van der Waals surface area contributed by atoms with Gasteiger partial charge in [-0.25, -0.2) is 9.50 Å². The highest BCUT2D eigenvalue weighted by Crippen LogP contribution is 2.15. The largest absolute Gasteiger partial charge is 0.394 e. The van der Waals surface area contributed by atoms with Gasteiger partial charge in [0.1, 0.15) is 0 Å². The van der Waals surface area contributed by atoms with Crippen molar-refractivity contribution in [3.63, 3.8) is 0 Å². The highest BCUT2D eigenvalue weighted by Gasteiger charge is 2.05. The van der Waals surface area contributed by atoms with Crippen molar-refractivity contribution in [2.75, 3.05) is 5.73 Å². The number of nitrogen functional groups attached to an aromatic ring is 1. The third-order valence-electron chi connectivity index (χ3n) is 2.01. The van der Waals surface area contributed by atoms with Gasteiger partial charge in [0.2, 0.25) is 0 Å². The van der Waals surface area contributed by atoms with Crippen molar-refractivity contribution in [1.29, 1.82) is 0 Å². The number of nitrogens with zero attached hydrogens (tertiary/aromatic N) is 3. The van der Waals surface area contributed by atoms with Crippen LogP contribution in [0, 0.1) is 0 Å². The van der Waals surface area contributed by atoms with Crippen molar-refractivity contribution in [3.8, 4) is 0 Å². The van der Waals surface area contributed by atoms with Gasteiger partial charge in [-0.1, -0.05) is 13.8 Å². The van der Waals surface area contributed by atoms with Crippen LogP contribution < -0.4 is 5.73 Å². The lowest BCUT2D eigenvalue weighted by Crippen LogP contribution is -1.97. The molecule has 68 valence electrons. The molecule has 2 aromatic heterocycles. The van der Waals surface area contributed by atoms with Crippen LogP contribution in [0.4, 0.5) is 5.69 Å². The average molecular weight is 176 g/mol. The number of hydrogen-bond donors (Lipinski definition) is 1. The summed E-state index contributed by atoms with van der Waals surface area (Å²) in [6.07, 6.45) is 3.50. The van der Waals surface area contributed by atoms with Crippen molar-refractivity contribution >= 4 is 11.3 Å². The third kappa shape index (κ3) is 1.24. The van der Waals surface area contributed by atoms with Gasteiger partial charge in [0.25, 0.3) is 0 Å². The molecule has 13 heavy (non-hydrogen) atoms. The molecule has 0 aliphatic rings. The maximum Gasteiger partial charge on any atom is 0.178 e. The summed E-state index contributed by atoms with van der Waals surface area (Å²) in [5.74, 6) is 0.416. The first-order valence-corrected chi connectivity index (χ1v) is 4.28. The van der Waals surface area contributed by atoms with Crippen LogP contribution in [-0.2, 0) is 0 Å². The van der Waals surface area contributed by atoms with Gasteiger partial charge in [-0.15, -0.1) is 0 Å². The molecule has 2 rings (SSSR count). The Morgan fingerprint density at radius 2 is 2.23 bits per heavy atom. The Bertz CT molecular complexity index is 430. The Labute approximate surface area is 76.4 Å². The van der Waals surface area contributed by atoms with Crippen molar-refractivity contribution in [3.05, 3.63) is 24.2 Å². The van der Waals surface area contributed by atoms with Crippen LogP contribution in [0.3, 0.4) is 0 Å². The van der Waals surface area contributed by atoms with Gasteiger partial charge in [0.05, 0.1) is 11.9 Å². The first-order valence-electron chi connectivity index (χ1n) is 4.28. The Hall–Kier alpha value is -1.58. The van der Waals surface area contributed by atoms with Gasteiger partial charge in [0.15, 0.2) is 5.65 Å². The van der Waals surface area contributed by atoms with E-state index in [9.17, 15) is 0 Å². The molecule has 0 unspecified atom stereocenters. The van der Waals surface area contributed by atoms with Crippen LogP contribution in [-0.4, -0.2) is 14.6 Å². The summed E-state index contributed by atoms with van der Waals surface area (Å²) in [7, 11) is 0. The minimum atomic E-state index is 0.416. The zero-order valence-corrected chi connectivity index (χ0v) is 7.73. The topological polar surface area (TPSA) is 56.2 Å². The van der Waals surface area contributed by atoms with Crippen LogP contribution in [0.5, 0.6) is 0 Å². The van der Waals surface area contributed by atoms with Crippen LogP contribution >= 0.6 is 0 Å². The Balaban J connectivity index is 2.66. The van der Waals surface area contributed by atoms with E-state index in [0.29, 0.717) is 11.6 Å². The molecule has 0 spiro atoms. The molecule has 0 aliphatic heterocycles. The molecule has 0 saturated heterocycles. The van der Waals surface area contributed by atoms with Crippen molar-refractivity contribution in [2.24, 2.45) is 0 Å². The summed E-state index contributed by atoms with van der Waals surface area (Å²) in [6, 6.07) is 1.96. The predicted octanol–water partition coefficient (Wildman–Crippen LogP) is 1.43. The smallest absolute Gasteiger partial charge is 0.178 e. The summed E-state index contributed by atoms with van der Waals surface area (Å²) in [5.41, 5.74) is 8.11. The van der Waals surface area contributed by atoms with E-state index in [1.807, 2.05) is 12.3 Å². The Kier molecular flexibility index (Phi) is 1.69. The number of rotatable bonds is 1. The second-order valence-corrected chi connectivity index (χ2v) is 3.38. The quantitative estimate of drug-likeness (QED) is 0.715. The van der Waals surface area contributed by atoms with Gasteiger partial charge < -0.3 is 5.73 Å². The van der Waals surface area contributed by atoms with Crippen LogP contribution in [0.25, 0.3) is 5.65 Å². The third-order valence-corrected chi connectivity index (χ3v) is 2.01. The van der Waals surface area contributed by atoms with Gasteiger partial charge in [-0.05, 0) is 12.0 Å². The molecule has 0 aromatic carbocycles. The molecule has 2 N–H and O–H groups in total. The molecule has 0 bridgehead atoms. The van der Waals surface area contributed by atoms with Crippen molar-refractivity contribution < 1.29 is 0 Å². The Morgan fingerprint density at radius 3 is 2.92 bits per heavy atom. The van der Waals surface area contributed by atoms with E-state index in [0.717, 1.165) is 11.3 Å². The molecule has 0 saturated carbocycles. The molecular weight excluding hydrogens is 164 g/mol. The molecule has 2 aromatic rings. The lowest BCUT2D eigenvalue weighted by Gasteiger charge is -2.03. The molecule has 2 heterocycles.